The molecule has 2 radical (unpaired) electrons. The van der Waals surface area contributed by atoms with E-state index in [1.54, 1.807) is 6.20 Å². The molecule has 3 rings (SSSR count). The molecule has 1 aromatic carbocycles. The van der Waals surface area contributed by atoms with Crippen LogP contribution in [-0.2, 0) is 5.41 Å². The summed E-state index contributed by atoms with van der Waals surface area (Å²) in [4.78, 5) is 21.5. The van der Waals surface area contributed by atoms with Crippen molar-refractivity contribution in [1.82, 2.24) is 15.3 Å². The smallest absolute Gasteiger partial charge is 0.255 e. The fourth-order valence-corrected chi connectivity index (χ4v) is 4.45. The van der Waals surface area contributed by atoms with E-state index in [4.69, 9.17) is 5.73 Å². The second kappa shape index (κ2) is 9.48. The number of anilines is 1. The van der Waals surface area contributed by atoms with Gasteiger partial charge in [0.05, 0.1) is 11.4 Å². The fourth-order valence-electron chi connectivity index (χ4n) is 4.24. The Hall–Kier alpha value is -2.62. The first-order valence-corrected chi connectivity index (χ1v) is 11.5. The number of allylic oxidation sites excluding steroid dienone is 2. The predicted molar refractivity (Wildman–Crippen MR) is 131 cm³/mol. The number of nitrogens with zero attached hydrogens (tertiary/aromatic N) is 2. The number of nitrogens with two attached hydrogens (primary N) is 1. The molecule has 1 heterocycles. The summed E-state index contributed by atoms with van der Waals surface area (Å²) in [5.41, 5.74) is 8.77. The Morgan fingerprint density at radius 3 is 2.53 bits per heavy atom. The van der Waals surface area contributed by atoms with Crippen molar-refractivity contribution in [3.8, 4) is 0 Å². The van der Waals surface area contributed by atoms with Gasteiger partial charge in [-0.2, -0.15) is 0 Å². The number of rotatable bonds is 7. The summed E-state index contributed by atoms with van der Waals surface area (Å²) < 4.78 is 0.849. The number of amides is 1. The number of nitrogens with one attached hydrogen (secondary N) is 2. The molecule has 1 atom stereocenters. The lowest BCUT2D eigenvalue weighted by atomic mass is 9.75. The molecule has 0 unspecified atom stereocenters. The van der Waals surface area contributed by atoms with E-state index < -0.39 is 0 Å². The van der Waals surface area contributed by atoms with Crippen molar-refractivity contribution in [3.05, 3.63) is 71.2 Å². The SMILES string of the molecule is C[C@@H]1C=C(NC(=O)c2ccc(C(C)(C)CC(C)(C)Nc3ncc[c]([Al])n3)cc2)C(N)=CC1. The molecule has 4 N–H and O–H groups in total. The zero-order valence-electron chi connectivity index (χ0n) is 19.6. The summed E-state index contributed by atoms with van der Waals surface area (Å²) >= 11 is 2.59. The van der Waals surface area contributed by atoms with Gasteiger partial charge in [-0.3, -0.25) is 4.79 Å². The first-order chi connectivity index (χ1) is 14.9. The van der Waals surface area contributed by atoms with Crippen LogP contribution in [0.3, 0.4) is 0 Å². The van der Waals surface area contributed by atoms with Gasteiger partial charge in [-0.05, 0) is 61.8 Å². The molecule has 32 heavy (non-hydrogen) atoms. The Balaban J connectivity index is 1.68. The second-order valence-electron chi connectivity index (χ2n) is 9.86. The van der Waals surface area contributed by atoms with Crippen LogP contribution in [0.15, 0.2) is 60.1 Å². The van der Waals surface area contributed by atoms with Gasteiger partial charge >= 0.3 is 0 Å². The Labute approximate surface area is 199 Å². The highest BCUT2D eigenvalue weighted by molar-refractivity contribution is 6.30. The zero-order chi connectivity index (χ0) is 23.5. The monoisotopic (exact) mass is 445 g/mol. The highest BCUT2D eigenvalue weighted by Crippen LogP contribution is 2.33. The van der Waals surface area contributed by atoms with Crippen molar-refractivity contribution < 1.29 is 4.79 Å². The van der Waals surface area contributed by atoms with Gasteiger partial charge in [-0.25, -0.2) is 9.97 Å². The summed E-state index contributed by atoms with van der Waals surface area (Å²) in [6.45, 7) is 10.8. The fraction of sp³-hybridized carbons (Fsp3) is 0.400. The average Bonchev–Trinajstić information content (AvgIpc) is 2.69. The van der Waals surface area contributed by atoms with E-state index in [1.807, 2.05) is 42.5 Å². The third-order valence-corrected chi connectivity index (χ3v) is 5.98. The molecular weight excluding hydrogens is 413 g/mol. The molecule has 166 valence electrons. The molecule has 0 saturated heterocycles. The number of benzene rings is 1. The van der Waals surface area contributed by atoms with Gasteiger partial charge < -0.3 is 16.4 Å². The molecule has 1 aliphatic carbocycles. The number of carbonyl (C=O) groups is 1. The van der Waals surface area contributed by atoms with Crippen LogP contribution in [-0.4, -0.2) is 37.7 Å². The molecule has 0 aliphatic heterocycles. The molecule has 0 bridgehead atoms. The van der Waals surface area contributed by atoms with Gasteiger partial charge in [-0.15, -0.1) is 0 Å². The molecule has 6 nitrogen and oxygen atoms in total. The van der Waals surface area contributed by atoms with Gasteiger partial charge in [0.15, 0.2) is 0 Å². The van der Waals surface area contributed by atoms with E-state index in [9.17, 15) is 4.79 Å². The quantitative estimate of drug-likeness (QED) is 0.569. The molecule has 2 aromatic rings. The van der Waals surface area contributed by atoms with Gasteiger partial charge in [0, 0.05) is 17.3 Å². The Morgan fingerprint density at radius 2 is 1.88 bits per heavy atom. The van der Waals surface area contributed by atoms with Crippen LogP contribution in [0.2, 0.25) is 0 Å². The minimum absolute atomic E-state index is 0.126. The summed E-state index contributed by atoms with van der Waals surface area (Å²) in [5, 5.41) is 6.39. The third kappa shape index (κ3) is 6.21. The number of carbonyl (C=O) groups excluding carboxylic acids is 1. The average molecular weight is 446 g/mol. The van der Waals surface area contributed by atoms with Gasteiger partial charge in [0.1, 0.15) is 0 Å². The number of hydrogen-bond donors (Lipinski definition) is 3. The maximum Gasteiger partial charge on any atom is 0.255 e. The lowest BCUT2D eigenvalue weighted by Gasteiger charge is -2.36. The molecule has 1 aromatic heterocycles. The van der Waals surface area contributed by atoms with Crippen LogP contribution in [0.25, 0.3) is 0 Å². The summed E-state index contributed by atoms with van der Waals surface area (Å²) in [7, 11) is 0. The standard InChI is InChI=1S/C25H32N5O.Al/c1-17-7-12-20(26)21(15-17)29-22(31)18-8-10-19(11-9-18)24(2,3)16-25(4,5)30-23-27-13-6-14-28-23;/h6,8-13,15,17H,7,16,26H2,1-5H3,(H,29,31)(H,27,28,30);/t17-;/m0./s1. The third-order valence-electron chi connectivity index (χ3n) is 5.66. The zero-order valence-corrected chi connectivity index (χ0v) is 20.7. The Bertz CT molecular complexity index is 1040. The Kier molecular flexibility index (Phi) is 7.12. The van der Waals surface area contributed by atoms with Crippen LogP contribution >= 0.6 is 0 Å². The molecule has 0 fully saturated rings. The molecule has 0 saturated carbocycles. The van der Waals surface area contributed by atoms with Crippen molar-refractivity contribution in [2.75, 3.05) is 5.32 Å². The topological polar surface area (TPSA) is 92.9 Å². The number of hydrogen-bond acceptors (Lipinski definition) is 5. The molecular formula is C25H32AlN5O. The highest BCUT2D eigenvalue weighted by Gasteiger charge is 2.31. The van der Waals surface area contributed by atoms with E-state index >= 15 is 0 Å². The summed E-state index contributed by atoms with van der Waals surface area (Å²) in [5.74, 6) is 0.828. The first-order valence-electron chi connectivity index (χ1n) is 10.9. The van der Waals surface area contributed by atoms with Crippen LogP contribution in [0.4, 0.5) is 5.95 Å². The van der Waals surface area contributed by atoms with E-state index in [2.05, 4.69) is 71.5 Å². The van der Waals surface area contributed by atoms with Crippen LogP contribution in [0, 0.1) is 5.92 Å². The van der Waals surface area contributed by atoms with Gasteiger partial charge in [0.25, 0.3) is 5.91 Å². The van der Waals surface area contributed by atoms with Crippen molar-refractivity contribution in [2.24, 2.45) is 11.7 Å². The first kappa shape index (κ1) is 24.0. The molecule has 1 aliphatic rings. The molecule has 7 heteroatoms. The van der Waals surface area contributed by atoms with Crippen molar-refractivity contribution in [1.29, 1.82) is 0 Å². The maximum atomic E-state index is 12.7. The Morgan fingerprint density at radius 1 is 1.19 bits per heavy atom. The maximum absolute atomic E-state index is 12.7. The summed E-state index contributed by atoms with van der Waals surface area (Å²) in [6, 6.07) is 9.66. The second-order valence-corrected chi connectivity index (χ2v) is 10.5. The summed E-state index contributed by atoms with van der Waals surface area (Å²) in [6.07, 6.45) is 7.46. The van der Waals surface area contributed by atoms with Gasteiger partial charge in [0.2, 0.25) is 22.2 Å². The highest BCUT2D eigenvalue weighted by atomic mass is 27.0. The van der Waals surface area contributed by atoms with E-state index in [1.165, 1.54) is 0 Å². The van der Waals surface area contributed by atoms with Crippen molar-refractivity contribution >= 4 is 32.7 Å². The lowest BCUT2D eigenvalue weighted by molar-refractivity contribution is 0.0966. The van der Waals surface area contributed by atoms with Crippen molar-refractivity contribution in [2.45, 2.75) is 58.4 Å². The molecule has 0 spiro atoms. The minimum atomic E-state index is -0.230. The van der Waals surface area contributed by atoms with E-state index in [0.717, 1.165) is 23.0 Å². The van der Waals surface area contributed by atoms with Crippen LogP contribution in [0.1, 0.15) is 63.4 Å². The van der Waals surface area contributed by atoms with Crippen molar-refractivity contribution in [3.63, 3.8) is 0 Å². The van der Waals surface area contributed by atoms with Crippen LogP contribution < -0.4 is 20.9 Å². The van der Waals surface area contributed by atoms with E-state index in [0.29, 0.717) is 28.8 Å². The normalized spacial score (nSPS) is 16.7. The van der Waals surface area contributed by atoms with Gasteiger partial charge in [-0.1, -0.05) is 49.6 Å². The van der Waals surface area contributed by atoms with E-state index in [-0.39, 0.29) is 16.9 Å². The van der Waals surface area contributed by atoms with Crippen LogP contribution in [0.5, 0.6) is 0 Å². The molecule has 1 amide bonds. The largest absolute Gasteiger partial charge is 0.397 e. The predicted octanol–water partition coefficient (Wildman–Crippen LogP) is 3.32. The minimum Gasteiger partial charge on any atom is -0.397 e. The number of aromatic nitrogens is 2. The lowest BCUT2D eigenvalue weighted by Crippen LogP contribution is -2.39.